The molecule has 1 N–H and O–H groups in total. The first-order valence-corrected chi connectivity index (χ1v) is 7.99. The molecular weight excluding hydrogens is 352 g/mol. The Hall–Kier alpha value is -3.69. The van der Waals surface area contributed by atoms with Crippen LogP contribution in [0.4, 0.5) is 0 Å². The molecule has 10 heteroatoms. The fourth-order valence-electron chi connectivity index (χ4n) is 2.69. The zero-order valence-electron chi connectivity index (χ0n) is 15.0. The van der Waals surface area contributed by atoms with E-state index in [0.717, 1.165) is 4.57 Å². The van der Waals surface area contributed by atoms with E-state index >= 15 is 0 Å². The smallest absolute Gasteiger partial charge is 0.332 e. The van der Waals surface area contributed by atoms with E-state index in [0.29, 0.717) is 11.3 Å². The van der Waals surface area contributed by atoms with E-state index in [1.54, 1.807) is 19.2 Å². The number of hydrazone groups is 1. The summed E-state index contributed by atoms with van der Waals surface area (Å²) in [6.07, 6.45) is 2.81. The van der Waals surface area contributed by atoms with Crippen LogP contribution in [0.2, 0.25) is 0 Å². The molecule has 10 nitrogen and oxygen atoms in total. The van der Waals surface area contributed by atoms with Gasteiger partial charge in [-0.3, -0.25) is 18.7 Å². The number of hydrogen-bond acceptors (Lipinski definition) is 6. The Morgan fingerprint density at radius 3 is 2.74 bits per heavy atom. The maximum Gasteiger partial charge on any atom is 0.332 e. The van der Waals surface area contributed by atoms with E-state index in [1.807, 2.05) is 12.1 Å². The second kappa shape index (κ2) is 7.28. The number of methoxy groups -OCH3 is 1. The monoisotopic (exact) mass is 370 g/mol. The van der Waals surface area contributed by atoms with Gasteiger partial charge in [-0.05, 0) is 12.1 Å². The second-order valence-corrected chi connectivity index (χ2v) is 5.79. The summed E-state index contributed by atoms with van der Waals surface area (Å²) < 4.78 is 8.87. The fourth-order valence-corrected chi connectivity index (χ4v) is 2.69. The van der Waals surface area contributed by atoms with E-state index in [-0.39, 0.29) is 17.7 Å². The number of carbonyl (C=O) groups is 1. The summed E-state index contributed by atoms with van der Waals surface area (Å²) in [6.45, 7) is -0.153. The van der Waals surface area contributed by atoms with Gasteiger partial charge < -0.3 is 9.30 Å². The van der Waals surface area contributed by atoms with Gasteiger partial charge in [-0.1, -0.05) is 12.1 Å². The number of benzene rings is 1. The molecule has 140 valence electrons. The van der Waals surface area contributed by atoms with E-state index in [2.05, 4.69) is 15.5 Å². The van der Waals surface area contributed by atoms with E-state index in [9.17, 15) is 14.4 Å². The predicted octanol–water partition coefficient (Wildman–Crippen LogP) is -0.407. The number of carbonyl (C=O) groups excluding carboxylic acids is 1. The Balaban J connectivity index is 1.80. The minimum absolute atomic E-state index is 0.116. The van der Waals surface area contributed by atoms with Crippen molar-refractivity contribution in [1.29, 1.82) is 0 Å². The molecule has 0 aliphatic rings. The van der Waals surface area contributed by atoms with E-state index in [1.165, 1.54) is 35.8 Å². The van der Waals surface area contributed by atoms with Crippen LogP contribution in [0.5, 0.6) is 5.75 Å². The summed E-state index contributed by atoms with van der Waals surface area (Å²) in [6, 6.07) is 7.23. The molecule has 0 radical (unpaired) electrons. The van der Waals surface area contributed by atoms with Crippen LogP contribution in [-0.2, 0) is 25.4 Å². The molecule has 2 heterocycles. The molecule has 1 aromatic carbocycles. The Morgan fingerprint density at radius 1 is 1.26 bits per heavy atom. The molecule has 0 unspecified atom stereocenters. The maximum atomic E-state index is 12.2. The number of para-hydroxylation sites is 1. The lowest BCUT2D eigenvalue weighted by Crippen LogP contribution is -2.37. The standard InChI is InChI=1S/C17H18N6O4/c1-21-15-14(16(25)22(2)17(21)26)18-10-23(15)9-13(24)20-19-8-11-6-4-5-7-12(11)27-3/h4-8,10H,9H2,1-3H3,(H,20,24)/b19-8+. The Morgan fingerprint density at radius 2 is 2.00 bits per heavy atom. The van der Waals surface area contributed by atoms with Crippen LogP contribution in [0.25, 0.3) is 11.2 Å². The first-order valence-electron chi connectivity index (χ1n) is 7.99. The van der Waals surface area contributed by atoms with Gasteiger partial charge in [0, 0.05) is 19.7 Å². The zero-order valence-corrected chi connectivity index (χ0v) is 15.0. The molecule has 0 atom stereocenters. The van der Waals surface area contributed by atoms with Crippen LogP contribution in [0.15, 0.2) is 45.3 Å². The Bertz CT molecular complexity index is 1150. The van der Waals surface area contributed by atoms with Crippen molar-refractivity contribution in [3.63, 3.8) is 0 Å². The summed E-state index contributed by atoms with van der Waals surface area (Å²) in [5.41, 5.74) is 2.49. The van der Waals surface area contributed by atoms with Gasteiger partial charge in [0.1, 0.15) is 17.9 Å². The maximum absolute atomic E-state index is 12.2. The topological polar surface area (TPSA) is 113 Å². The van der Waals surface area contributed by atoms with E-state index < -0.39 is 17.2 Å². The normalized spacial score (nSPS) is 11.2. The van der Waals surface area contributed by atoms with Crippen molar-refractivity contribution in [3.05, 3.63) is 57.0 Å². The fraction of sp³-hybridized carbons (Fsp3) is 0.235. The number of ether oxygens (including phenoxy) is 1. The third-order valence-electron chi connectivity index (χ3n) is 4.05. The number of hydrogen-bond donors (Lipinski definition) is 1. The van der Waals surface area contributed by atoms with Gasteiger partial charge in [0.25, 0.3) is 11.5 Å². The van der Waals surface area contributed by atoms with Crippen LogP contribution in [0.3, 0.4) is 0 Å². The average molecular weight is 370 g/mol. The van der Waals surface area contributed by atoms with Crippen LogP contribution >= 0.6 is 0 Å². The molecule has 0 bridgehead atoms. The lowest BCUT2D eigenvalue weighted by Gasteiger charge is -2.08. The quantitative estimate of drug-likeness (QED) is 0.485. The molecule has 0 saturated carbocycles. The third kappa shape index (κ3) is 3.36. The van der Waals surface area contributed by atoms with E-state index in [4.69, 9.17) is 4.74 Å². The summed E-state index contributed by atoms with van der Waals surface area (Å²) >= 11 is 0. The molecule has 0 saturated heterocycles. The average Bonchev–Trinajstić information content (AvgIpc) is 3.08. The van der Waals surface area contributed by atoms with Gasteiger partial charge in [-0.15, -0.1) is 0 Å². The molecule has 0 aliphatic carbocycles. The summed E-state index contributed by atoms with van der Waals surface area (Å²) in [5.74, 6) is 0.190. The molecule has 0 fully saturated rings. The molecule has 2 aromatic heterocycles. The second-order valence-electron chi connectivity index (χ2n) is 5.79. The van der Waals surface area contributed by atoms with Crippen molar-refractivity contribution in [1.82, 2.24) is 24.1 Å². The van der Waals surface area contributed by atoms with Crippen molar-refractivity contribution in [2.75, 3.05) is 7.11 Å². The number of nitrogens with one attached hydrogen (secondary N) is 1. The molecule has 0 spiro atoms. The minimum Gasteiger partial charge on any atom is -0.496 e. The molecule has 3 aromatic rings. The van der Waals surface area contributed by atoms with Crippen LogP contribution in [0, 0.1) is 0 Å². The van der Waals surface area contributed by atoms with Crippen molar-refractivity contribution in [2.45, 2.75) is 6.54 Å². The molecule has 27 heavy (non-hydrogen) atoms. The van der Waals surface area contributed by atoms with Crippen molar-refractivity contribution in [2.24, 2.45) is 19.2 Å². The minimum atomic E-state index is -0.513. The highest BCUT2D eigenvalue weighted by Crippen LogP contribution is 2.14. The van der Waals surface area contributed by atoms with Gasteiger partial charge in [0.2, 0.25) is 0 Å². The SMILES string of the molecule is COc1ccccc1/C=N/NC(=O)Cn1cnc2c(=O)n(C)c(=O)n(C)c21. The van der Waals surface area contributed by atoms with Gasteiger partial charge in [-0.25, -0.2) is 15.2 Å². The van der Waals surface area contributed by atoms with Gasteiger partial charge in [-0.2, -0.15) is 5.10 Å². The number of nitrogens with zero attached hydrogens (tertiary/aromatic N) is 5. The highest BCUT2D eigenvalue weighted by Gasteiger charge is 2.15. The third-order valence-corrected chi connectivity index (χ3v) is 4.05. The number of fused-ring (bicyclic) bond motifs is 1. The van der Waals surface area contributed by atoms with Gasteiger partial charge >= 0.3 is 5.69 Å². The molecular formula is C17H18N6O4. The number of amides is 1. The predicted molar refractivity (Wildman–Crippen MR) is 98.9 cm³/mol. The van der Waals surface area contributed by atoms with Crippen molar-refractivity contribution in [3.8, 4) is 5.75 Å². The molecule has 0 aliphatic heterocycles. The first kappa shape index (κ1) is 18.1. The lowest BCUT2D eigenvalue weighted by molar-refractivity contribution is -0.121. The summed E-state index contributed by atoms with van der Waals surface area (Å²) in [4.78, 5) is 40.4. The van der Waals surface area contributed by atoms with Crippen molar-refractivity contribution >= 4 is 23.3 Å². The van der Waals surface area contributed by atoms with Gasteiger partial charge in [0.15, 0.2) is 5.52 Å². The van der Waals surface area contributed by atoms with Crippen LogP contribution < -0.4 is 21.4 Å². The zero-order chi connectivity index (χ0) is 19.6. The summed E-state index contributed by atoms with van der Waals surface area (Å²) in [5, 5.41) is 3.91. The largest absolute Gasteiger partial charge is 0.496 e. The summed E-state index contributed by atoms with van der Waals surface area (Å²) in [7, 11) is 4.44. The highest BCUT2D eigenvalue weighted by atomic mass is 16.5. The molecule has 1 amide bonds. The Kier molecular flexibility index (Phi) is 4.88. The first-order chi connectivity index (χ1) is 12.9. The number of aromatic nitrogens is 4. The number of rotatable bonds is 5. The van der Waals surface area contributed by atoms with Crippen molar-refractivity contribution < 1.29 is 9.53 Å². The van der Waals surface area contributed by atoms with Crippen LogP contribution in [-0.4, -0.2) is 37.9 Å². The van der Waals surface area contributed by atoms with Gasteiger partial charge in [0.05, 0.1) is 19.7 Å². The molecule has 3 rings (SSSR count). The number of imidazole rings is 1. The number of aryl methyl sites for hydroxylation is 1. The highest BCUT2D eigenvalue weighted by molar-refractivity contribution is 5.85. The Labute approximate surface area is 153 Å². The lowest BCUT2D eigenvalue weighted by atomic mass is 10.2. The van der Waals surface area contributed by atoms with Crippen LogP contribution in [0.1, 0.15) is 5.56 Å².